The van der Waals surface area contributed by atoms with Gasteiger partial charge in [0.15, 0.2) is 0 Å². The first-order valence-electron chi connectivity index (χ1n) is 4.17. The summed E-state index contributed by atoms with van der Waals surface area (Å²) in [5, 5.41) is 2.73. The highest BCUT2D eigenvalue weighted by Gasteiger charge is 1.99. The molecule has 0 radical (unpaired) electrons. The Labute approximate surface area is 77.7 Å². The summed E-state index contributed by atoms with van der Waals surface area (Å²) in [4.78, 5) is 10.9. The van der Waals surface area contributed by atoms with Crippen molar-refractivity contribution in [2.45, 2.75) is 6.61 Å². The van der Waals surface area contributed by atoms with Crippen molar-refractivity contribution in [1.82, 2.24) is 5.32 Å². The summed E-state index contributed by atoms with van der Waals surface area (Å²) in [5.41, 5.74) is 1.01. The van der Waals surface area contributed by atoms with Crippen molar-refractivity contribution < 1.29 is 9.53 Å². The highest BCUT2D eigenvalue weighted by atomic mass is 16.8. The molecule has 0 aliphatic heterocycles. The van der Waals surface area contributed by atoms with E-state index in [1.54, 1.807) is 7.05 Å². The van der Waals surface area contributed by atoms with Gasteiger partial charge in [0.25, 0.3) is 0 Å². The van der Waals surface area contributed by atoms with Crippen molar-refractivity contribution in [1.29, 1.82) is 0 Å². The average Bonchev–Trinajstić information content (AvgIpc) is 2.17. The highest BCUT2D eigenvalue weighted by molar-refractivity contribution is 5.71. The van der Waals surface area contributed by atoms with Gasteiger partial charge in [0, 0.05) is 0 Å². The zero-order valence-corrected chi connectivity index (χ0v) is 7.62. The molecule has 1 aromatic rings. The van der Waals surface area contributed by atoms with Gasteiger partial charge in [-0.05, 0) is 12.6 Å². The Morgan fingerprint density at radius 3 is 2.69 bits per heavy atom. The van der Waals surface area contributed by atoms with Gasteiger partial charge in [-0.2, -0.15) is 0 Å². The minimum Gasteiger partial charge on any atom is -0.460 e. The molecule has 0 unspecified atom stereocenters. The molecule has 0 bridgehead atoms. The number of hydrogen-bond donors (Lipinski definition) is 1. The minimum absolute atomic E-state index is 0.230. The second-order valence-corrected chi connectivity index (χ2v) is 2.68. The number of ether oxygens (including phenoxy) is 1. The van der Waals surface area contributed by atoms with Crippen LogP contribution in [-0.4, -0.2) is 19.6 Å². The molecule has 0 spiro atoms. The number of hydrogen-bond acceptors (Lipinski definition) is 3. The zero-order chi connectivity index (χ0) is 9.52. The van der Waals surface area contributed by atoms with Crippen molar-refractivity contribution in [2.75, 3.05) is 13.6 Å². The topological polar surface area (TPSA) is 38.3 Å². The molecule has 0 saturated heterocycles. The molecule has 1 N–H and O–H groups in total. The Bertz CT molecular complexity index is 259. The van der Waals surface area contributed by atoms with Crippen molar-refractivity contribution in [3.05, 3.63) is 35.9 Å². The van der Waals surface area contributed by atoms with Gasteiger partial charge < -0.3 is 10.1 Å². The molecule has 0 aromatic heterocycles. The van der Waals surface area contributed by atoms with Gasteiger partial charge in [0.05, 0.1) is 6.54 Å². The largest absolute Gasteiger partial charge is 0.460 e. The molecule has 0 saturated carbocycles. The van der Waals surface area contributed by atoms with E-state index in [-0.39, 0.29) is 12.5 Å². The van der Waals surface area contributed by atoms with Gasteiger partial charge in [-0.15, -0.1) is 0 Å². The van der Waals surface area contributed by atoms with E-state index < -0.39 is 0 Å². The van der Waals surface area contributed by atoms with Crippen LogP contribution in [0.4, 0.5) is 0 Å². The number of rotatable bonds is 4. The molecule has 1 aromatic carbocycles. The summed E-state index contributed by atoms with van der Waals surface area (Å²) in [6.07, 6.45) is 0. The fourth-order valence-electron chi connectivity index (χ4n) is 0.933. The molecule has 0 amide bonds. The summed E-state index contributed by atoms with van der Waals surface area (Å²) in [7, 11) is 1.71. The van der Waals surface area contributed by atoms with Gasteiger partial charge in [-0.3, -0.25) is 4.79 Å². The van der Waals surface area contributed by atoms with Gasteiger partial charge in [-0.1, -0.05) is 30.3 Å². The maximum atomic E-state index is 10.9. The molecule has 70 valence electrons. The van der Waals surface area contributed by atoms with E-state index in [0.29, 0.717) is 6.61 Å². The van der Waals surface area contributed by atoms with E-state index in [9.17, 15) is 4.79 Å². The molecule has 3 nitrogen and oxygen atoms in total. The number of nitrogens with one attached hydrogen (secondary N) is 1. The molecule has 3 heteroatoms. The Morgan fingerprint density at radius 2 is 2.08 bits per heavy atom. The van der Waals surface area contributed by atoms with Gasteiger partial charge in [0.2, 0.25) is 0 Å². The fraction of sp³-hybridized carbons (Fsp3) is 0.300. The smallest absolute Gasteiger partial charge is 0.320 e. The van der Waals surface area contributed by atoms with E-state index in [1.165, 1.54) is 0 Å². The Balaban J connectivity index is 2.31. The van der Waals surface area contributed by atoms with Crippen molar-refractivity contribution in [3.8, 4) is 0 Å². The van der Waals surface area contributed by atoms with E-state index in [4.69, 9.17) is 4.74 Å². The van der Waals surface area contributed by atoms with Gasteiger partial charge >= 0.3 is 5.97 Å². The van der Waals surface area contributed by atoms with Crippen LogP contribution in [0, 0.1) is 0 Å². The van der Waals surface area contributed by atoms with Gasteiger partial charge in [-0.25, -0.2) is 0 Å². The predicted molar refractivity (Wildman–Crippen MR) is 50.2 cm³/mol. The molecule has 0 aliphatic rings. The summed E-state index contributed by atoms with van der Waals surface area (Å²) in [6, 6.07) is 9.61. The number of likely N-dealkylation sites (N-methyl/N-ethyl adjacent to an activating group) is 1. The standard InChI is InChI=1S/C10H13NO2/c1-11-7-10(12)13-8-9-5-3-2-4-6-9/h2-6,11H,7-8H2,1H3/i10+2. The zero-order valence-electron chi connectivity index (χ0n) is 7.62. The maximum absolute atomic E-state index is 10.9. The third kappa shape index (κ3) is 3.71. The summed E-state index contributed by atoms with van der Waals surface area (Å²) >= 11 is 0. The van der Waals surface area contributed by atoms with Crippen LogP contribution in [0.5, 0.6) is 0 Å². The molecule has 13 heavy (non-hydrogen) atoms. The Kier molecular flexibility index (Phi) is 3.99. The first-order chi connectivity index (χ1) is 6.33. The van der Waals surface area contributed by atoms with Crippen LogP contribution in [0.1, 0.15) is 5.56 Å². The maximum Gasteiger partial charge on any atom is 0.320 e. The van der Waals surface area contributed by atoms with Crippen molar-refractivity contribution in [3.63, 3.8) is 0 Å². The monoisotopic (exact) mass is 181 g/mol. The molecule has 0 fully saturated rings. The lowest BCUT2D eigenvalue weighted by molar-refractivity contribution is -0.143. The summed E-state index contributed by atoms with van der Waals surface area (Å²) in [5.74, 6) is -0.230. The average molecular weight is 181 g/mol. The van der Waals surface area contributed by atoms with E-state index in [0.717, 1.165) is 5.56 Å². The number of benzene rings is 1. The lowest BCUT2D eigenvalue weighted by Crippen LogP contribution is -2.20. The fourth-order valence-corrected chi connectivity index (χ4v) is 0.933. The van der Waals surface area contributed by atoms with Crippen LogP contribution in [0.15, 0.2) is 30.3 Å². The third-order valence-corrected chi connectivity index (χ3v) is 1.56. The molecular weight excluding hydrogens is 168 g/mol. The third-order valence-electron chi connectivity index (χ3n) is 1.56. The Hall–Kier alpha value is -1.35. The van der Waals surface area contributed by atoms with E-state index in [2.05, 4.69) is 5.32 Å². The minimum atomic E-state index is -0.230. The first kappa shape index (κ1) is 9.74. The predicted octanol–water partition coefficient (Wildman–Crippen LogP) is 0.949. The number of esters is 1. The number of carbonyl (C=O) groups excluding carboxylic acids is 1. The van der Waals surface area contributed by atoms with Crippen LogP contribution < -0.4 is 5.32 Å². The van der Waals surface area contributed by atoms with Crippen LogP contribution in [0.2, 0.25) is 0 Å². The highest BCUT2D eigenvalue weighted by Crippen LogP contribution is 1.99. The lowest BCUT2D eigenvalue weighted by atomic mass is 10.2. The van der Waals surface area contributed by atoms with Crippen LogP contribution in [0.25, 0.3) is 0 Å². The van der Waals surface area contributed by atoms with Crippen molar-refractivity contribution in [2.24, 2.45) is 0 Å². The number of carbonyl (C=O) groups is 1. The van der Waals surface area contributed by atoms with Crippen LogP contribution >= 0.6 is 0 Å². The SMILES string of the molecule is CNC[14C](=O)OCc1ccccc1. The Morgan fingerprint density at radius 1 is 1.38 bits per heavy atom. The molecule has 1 rings (SSSR count). The molecule has 0 atom stereocenters. The normalized spacial score (nSPS) is 9.62. The second-order valence-electron chi connectivity index (χ2n) is 2.68. The van der Waals surface area contributed by atoms with E-state index in [1.807, 2.05) is 30.3 Å². The second kappa shape index (κ2) is 5.32. The summed E-state index contributed by atoms with van der Waals surface area (Å²) in [6.45, 7) is 0.605. The quantitative estimate of drug-likeness (QED) is 0.703. The van der Waals surface area contributed by atoms with E-state index >= 15 is 0 Å². The summed E-state index contributed by atoms with van der Waals surface area (Å²) < 4.78 is 4.97. The van der Waals surface area contributed by atoms with Crippen molar-refractivity contribution >= 4 is 5.97 Å². The first-order valence-corrected chi connectivity index (χ1v) is 4.17. The van der Waals surface area contributed by atoms with Crippen LogP contribution in [0.3, 0.4) is 0 Å². The molecule has 0 heterocycles. The van der Waals surface area contributed by atoms with Gasteiger partial charge in [0.1, 0.15) is 6.61 Å². The molecule has 0 aliphatic carbocycles. The lowest BCUT2D eigenvalue weighted by Gasteiger charge is -2.03. The van der Waals surface area contributed by atoms with Crippen LogP contribution in [-0.2, 0) is 16.1 Å². The molecular formula is C10H13NO2.